The highest BCUT2D eigenvalue weighted by Gasteiger charge is 2.31. The molecular weight excluding hydrogens is 202 g/mol. The van der Waals surface area contributed by atoms with Crippen LogP contribution in [-0.4, -0.2) is 25.7 Å². The molecule has 86 valence electrons. The summed E-state index contributed by atoms with van der Waals surface area (Å²) in [4.78, 5) is 13.6. The van der Waals surface area contributed by atoms with Gasteiger partial charge in [0, 0.05) is 19.2 Å². The van der Waals surface area contributed by atoms with Gasteiger partial charge in [0.05, 0.1) is 6.61 Å². The maximum atomic E-state index is 11.5. The van der Waals surface area contributed by atoms with Crippen LogP contribution in [-0.2, 0) is 9.53 Å². The van der Waals surface area contributed by atoms with Crippen molar-refractivity contribution in [2.75, 3.05) is 18.6 Å². The van der Waals surface area contributed by atoms with Gasteiger partial charge in [0.15, 0.2) is 0 Å². The number of carbonyl (C=O) groups is 1. The zero-order valence-corrected chi connectivity index (χ0v) is 9.99. The topological polar surface area (TPSA) is 29.5 Å². The largest absolute Gasteiger partial charge is 0.464 e. The fourth-order valence-electron chi connectivity index (χ4n) is 2.35. The van der Waals surface area contributed by atoms with Crippen molar-refractivity contribution in [3.63, 3.8) is 0 Å². The molecule has 1 aliphatic rings. The number of aryl methyl sites for hydroxylation is 2. The second-order valence-corrected chi connectivity index (χ2v) is 4.32. The van der Waals surface area contributed by atoms with Gasteiger partial charge in [0.1, 0.15) is 6.04 Å². The summed E-state index contributed by atoms with van der Waals surface area (Å²) >= 11 is 0. The Balaban J connectivity index is 2.33. The van der Waals surface area contributed by atoms with Crippen LogP contribution in [0.25, 0.3) is 0 Å². The van der Waals surface area contributed by atoms with Crippen molar-refractivity contribution < 1.29 is 9.53 Å². The number of cyclic esters (lactones) is 1. The van der Waals surface area contributed by atoms with Crippen LogP contribution in [0.15, 0.2) is 18.2 Å². The number of rotatable bonds is 2. The van der Waals surface area contributed by atoms with E-state index in [1.54, 1.807) is 0 Å². The van der Waals surface area contributed by atoms with Crippen LogP contribution in [0.1, 0.15) is 17.5 Å². The zero-order valence-electron chi connectivity index (χ0n) is 9.99. The van der Waals surface area contributed by atoms with Gasteiger partial charge in [0.25, 0.3) is 0 Å². The molecule has 0 amide bonds. The van der Waals surface area contributed by atoms with Crippen LogP contribution < -0.4 is 4.90 Å². The maximum Gasteiger partial charge on any atom is 0.328 e. The van der Waals surface area contributed by atoms with Gasteiger partial charge in [-0.2, -0.15) is 0 Å². The lowest BCUT2D eigenvalue weighted by Crippen LogP contribution is -2.36. The average Bonchev–Trinajstić information content (AvgIpc) is 2.64. The van der Waals surface area contributed by atoms with E-state index in [1.807, 2.05) is 18.0 Å². The van der Waals surface area contributed by atoms with E-state index in [1.165, 1.54) is 11.1 Å². The summed E-state index contributed by atoms with van der Waals surface area (Å²) < 4.78 is 5.01. The van der Waals surface area contributed by atoms with Gasteiger partial charge in [-0.1, -0.05) is 18.2 Å². The van der Waals surface area contributed by atoms with Gasteiger partial charge in [-0.25, -0.2) is 4.79 Å². The van der Waals surface area contributed by atoms with E-state index in [2.05, 4.69) is 26.0 Å². The van der Waals surface area contributed by atoms with Crippen molar-refractivity contribution in [2.45, 2.75) is 26.3 Å². The molecule has 2 rings (SSSR count). The molecule has 1 aromatic carbocycles. The first kappa shape index (κ1) is 11.0. The number of likely N-dealkylation sites (N-methyl/N-ethyl adjacent to an activating group) is 1. The van der Waals surface area contributed by atoms with E-state index >= 15 is 0 Å². The van der Waals surface area contributed by atoms with Crippen LogP contribution in [0.3, 0.4) is 0 Å². The van der Waals surface area contributed by atoms with Gasteiger partial charge in [-0.05, 0) is 25.0 Å². The number of nitrogens with zero attached hydrogens (tertiary/aromatic N) is 1. The monoisotopic (exact) mass is 219 g/mol. The Hall–Kier alpha value is -1.51. The SMILES string of the molecule is Cc1cccc(C)c1N(C)C1CCOC1=O. The number of carbonyl (C=O) groups excluding carboxylic acids is 1. The summed E-state index contributed by atoms with van der Waals surface area (Å²) in [5.74, 6) is -0.106. The lowest BCUT2D eigenvalue weighted by molar-refractivity contribution is -0.139. The van der Waals surface area contributed by atoms with Crippen LogP contribution in [0, 0.1) is 13.8 Å². The minimum absolute atomic E-state index is 0.106. The first-order chi connectivity index (χ1) is 7.61. The lowest BCUT2D eigenvalue weighted by atomic mass is 10.1. The normalized spacial score (nSPS) is 19.7. The standard InChI is InChI=1S/C13H17NO2/c1-9-5-4-6-10(2)12(9)14(3)11-7-8-16-13(11)15/h4-6,11H,7-8H2,1-3H3. The molecule has 1 unspecified atom stereocenters. The average molecular weight is 219 g/mol. The Bertz CT molecular complexity index is 394. The molecule has 0 aromatic heterocycles. The van der Waals surface area contributed by atoms with Crippen molar-refractivity contribution >= 4 is 11.7 Å². The minimum Gasteiger partial charge on any atom is -0.464 e. The predicted octanol–water partition coefficient (Wildman–Crippen LogP) is 2.06. The number of hydrogen-bond acceptors (Lipinski definition) is 3. The number of para-hydroxylation sites is 1. The summed E-state index contributed by atoms with van der Waals surface area (Å²) in [7, 11) is 1.96. The molecular formula is C13H17NO2. The van der Waals surface area contributed by atoms with Crippen LogP contribution >= 0.6 is 0 Å². The number of anilines is 1. The summed E-state index contributed by atoms with van der Waals surface area (Å²) in [6.45, 7) is 4.68. The fourth-order valence-corrected chi connectivity index (χ4v) is 2.35. The second-order valence-electron chi connectivity index (χ2n) is 4.32. The van der Waals surface area contributed by atoms with Crippen molar-refractivity contribution in [1.82, 2.24) is 0 Å². The van der Waals surface area contributed by atoms with Crippen molar-refractivity contribution in [1.29, 1.82) is 0 Å². The highest BCUT2D eigenvalue weighted by atomic mass is 16.5. The van der Waals surface area contributed by atoms with Gasteiger partial charge < -0.3 is 9.64 Å². The van der Waals surface area contributed by atoms with E-state index in [4.69, 9.17) is 4.74 Å². The number of esters is 1. The van der Waals surface area contributed by atoms with Crippen molar-refractivity contribution in [3.05, 3.63) is 29.3 Å². The van der Waals surface area contributed by atoms with E-state index in [0.29, 0.717) is 6.61 Å². The fraction of sp³-hybridized carbons (Fsp3) is 0.462. The Morgan fingerprint density at radius 2 is 1.94 bits per heavy atom. The molecule has 0 radical (unpaired) electrons. The first-order valence-corrected chi connectivity index (χ1v) is 5.57. The Kier molecular flexibility index (Phi) is 2.86. The molecule has 1 fully saturated rings. The van der Waals surface area contributed by atoms with Gasteiger partial charge in [-0.15, -0.1) is 0 Å². The van der Waals surface area contributed by atoms with E-state index in [0.717, 1.165) is 12.1 Å². The Morgan fingerprint density at radius 3 is 2.44 bits per heavy atom. The van der Waals surface area contributed by atoms with E-state index in [9.17, 15) is 4.79 Å². The molecule has 0 spiro atoms. The third kappa shape index (κ3) is 1.77. The molecule has 1 heterocycles. The molecule has 0 saturated carbocycles. The second kappa shape index (κ2) is 4.16. The third-order valence-corrected chi connectivity index (χ3v) is 3.17. The summed E-state index contributed by atoms with van der Waals surface area (Å²) in [6, 6.07) is 6.05. The first-order valence-electron chi connectivity index (χ1n) is 5.57. The Morgan fingerprint density at radius 1 is 1.31 bits per heavy atom. The molecule has 1 saturated heterocycles. The van der Waals surface area contributed by atoms with E-state index < -0.39 is 0 Å². The quantitative estimate of drug-likeness (QED) is 0.713. The van der Waals surface area contributed by atoms with Gasteiger partial charge in [0.2, 0.25) is 0 Å². The van der Waals surface area contributed by atoms with Gasteiger partial charge in [-0.3, -0.25) is 0 Å². The predicted molar refractivity (Wildman–Crippen MR) is 63.7 cm³/mol. The molecule has 16 heavy (non-hydrogen) atoms. The summed E-state index contributed by atoms with van der Waals surface area (Å²) in [5.41, 5.74) is 3.54. The van der Waals surface area contributed by atoms with E-state index in [-0.39, 0.29) is 12.0 Å². The van der Waals surface area contributed by atoms with Crippen LogP contribution in [0.2, 0.25) is 0 Å². The highest BCUT2D eigenvalue weighted by molar-refractivity contribution is 5.82. The van der Waals surface area contributed by atoms with Crippen LogP contribution in [0.4, 0.5) is 5.69 Å². The molecule has 0 bridgehead atoms. The molecule has 1 aromatic rings. The highest BCUT2D eigenvalue weighted by Crippen LogP contribution is 2.27. The molecule has 0 N–H and O–H groups in total. The minimum atomic E-state index is -0.125. The number of ether oxygens (including phenoxy) is 1. The Labute approximate surface area is 96.0 Å². The van der Waals surface area contributed by atoms with Crippen LogP contribution in [0.5, 0.6) is 0 Å². The number of benzene rings is 1. The number of hydrogen-bond donors (Lipinski definition) is 0. The molecule has 0 aliphatic carbocycles. The van der Waals surface area contributed by atoms with Crippen molar-refractivity contribution in [2.24, 2.45) is 0 Å². The molecule has 1 atom stereocenters. The molecule has 3 nitrogen and oxygen atoms in total. The molecule has 1 aliphatic heterocycles. The lowest BCUT2D eigenvalue weighted by Gasteiger charge is -2.27. The van der Waals surface area contributed by atoms with Crippen molar-refractivity contribution in [3.8, 4) is 0 Å². The van der Waals surface area contributed by atoms with Gasteiger partial charge >= 0.3 is 5.97 Å². The maximum absolute atomic E-state index is 11.5. The zero-order chi connectivity index (χ0) is 11.7. The third-order valence-electron chi connectivity index (χ3n) is 3.17. The smallest absolute Gasteiger partial charge is 0.328 e. The summed E-state index contributed by atoms with van der Waals surface area (Å²) in [6.07, 6.45) is 0.781. The molecule has 3 heteroatoms. The summed E-state index contributed by atoms with van der Waals surface area (Å²) in [5, 5.41) is 0.